The summed E-state index contributed by atoms with van der Waals surface area (Å²) in [5.41, 5.74) is 2.63. The van der Waals surface area contributed by atoms with Crippen LogP contribution in [0.3, 0.4) is 0 Å². The van der Waals surface area contributed by atoms with Crippen molar-refractivity contribution in [1.82, 2.24) is 4.98 Å². The van der Waals surface area contributed by atoms with E-state index in [1.165, 1.54) is 5.56 Å². The first-order valence-corrected chi connectivity index (χ1v) is 7.02. The Hall–Kier alpha value is -2.38. The Morgan fingerprint density at radius 2 is 2.05 bits per heavy atom. The van der Waals surface area contributed by atoms with Crippen molar-refractivity contribution >= 4 is 5.82 Å². The molecule has 0 amide bonds. The molecular weight excluding hydrogens is 262 g/mol. The standard InChI is InChI=1S/C17H19N3O/c1-13-9-10-19-17(16(13)11-18)20-12-15(21)8-7-14-5-3-2-4-6-14/h2-6,9-10,15,21H,7-8,12H2,1H3,(H,19,20)/t15-/m0/s1. The van der Waals surface area contributed by atoms with Crippen LogP contribution in [0.5, 0.6) is 0 Å². The molecule has 21 heavy (non-hydrogen) atoms. The monoisotopic (exact) mass is 281 g/mol. The minimum Gasteiger partial charge on any atom is -0.391 e. The second kappa shape index (κ2) is 7.41. The summed E-state index contributed by atoms with van der Waals surface area (Å²) < 4.78 is 0. The number of nitrogens with one attached hydrogen (secondary N) is 1. The molecule has 1 aromatic carbocycles. The third kappa shape index (κ3) is 4.30. The van der Waals surface area contributed by atoms with Gasteiger partial charge >= 0.3 is 0 Å². The van der Waals surface area contributed by atoms with E-state index in [1.807, 2.05) is 25.1 Å². The third-order valence-corrected chi connectivity index (χ3v) is 3.39. The van der Waals surface area contributed by atoms with Crippen LogP contribution in [-0.4, -0.2) is 22.7 Å². The van der Waals surface area contributed by atoms with Crippen LogP contribution in [0, 0.1) is 18.3 Å². The number of hydrogen-bond acceptors (Lipinski definition) is 4. The van der Waals surface area contributed by atoms with Gasteiger partial charge < -0.3 is 10.4 Å². The molecule has 1 atom stereocenters. The van der Waals surface area contributed by atoms with Gasteiger partial charge in [-0.3, -0.25) is 0 Å². The van der Waals surface area contributed by atoms with Gasteiger partial charge in [0.15, 0.2) is 0 Å². The predicted molar refractivity (Wildman–Crippen MR) is 82.9 cm³/mol. The average molecular weight is 281 g/mol. The molecule has 2 N–H and O–H groups in total. The number of hydrogen-bond donors (Lipinski definition) is 2. The summed E-state index contributed by atoms with van der Waals surface area (Å²) in [7, 11) is 0. The van der Waals surface area contributed by atoms with E-state index in [4.69, 9.17) is 5.26 Å². The van der Waals surface area contributed by atoms with Gasteiger partial charge in [0, 0.05) is 12.7 Å². The molecule has 0 saturated heterocycles. The Bertz CT molecular complexity index is 620. The Morgan fingerprint density at radius 3 is 2.76 bits per heavy atom. The molecule has 2 aromatic rings. The van der Waals surface area contributed by atoms with Gasteiger partial charge in [-0.05, 0) is 37.0 Å². The lowest BCUT2D eigenvalue weighted by atomic mass is 10.1. The van der Waals surface area contributed by atoms with E-state index in [2.05, 4.69) is 28.5 Å². The SMILES string of the molecule is Cc1ccnc(NC[C@@H](O)CCc2ccccc2)c1C#N. The molecule has 108 valence electrons. The van der Waals surface area contributed by atoms with Gasteiger partial charge in [0.25, 0.3) is 0 Å². The van der Waals surface area contributed by atoms with E-state index >= 15 is 0 Å². The number of aromatic nitrogens is 1. The highest BCUT2D eigenvalue weighted by molar-refractivity contribution is 5.55. The van der Waals surface area contributed by atoms with Gasteiger partial charge in [-0.2, -0.15) is 5.26 Å². The average Bonchev–Trinajstić information content (AvgIpc) is 2.52. The van der Waals surface area contributed by atoms with Crippen LogP contribution in [0.4, 0.5) is 5.82 Å². The molecule has 2 rings (SSSR count). The molecule has 0 spiro atoms. The Kier molecular flexibility index (Phi) is 5.30. The highest BCUT2D eigenvalue weighted by Gasteiger charge is 2.09. The third-order valence-electron chi connectivity index (χ3n) is 3.39. The largest absolute Gasteiger partial charge is 0.391 e. The first-order valence-electron chi connectivity index (χ1n) is 7.02. The van der Waals surface area contributed by atoms with Crippen molar-refractivity contribution in [2.45, 2.75) is 25.9 Å². The van der Waals surface area contributed by atoms with Gasteiger partial charge in [0.2, 0.25) is 0 Å². The maximum Gasteiger partial charge on any atom is 0.144 e. The van der Waals surface area contributed by atoms with Crippen molar-refractivity contribution in [1.29, 1.82) is 5.26 Å². The van der Waals surface area contributed by atoms with Gasteiger partial charge in [0.05, 0.1) is 11.7 Å². The first kappa shape index (κ1) is 15.0. The van der Waals surface area contributed by atoms with Crippen molar-refractivity contribution < 1.29 is 5.11 Å². The Labute approximate surface area is 125 Å². The summed E-state index contributed by atoms with van der Waals surface area (Å²) in [6.45, 7) is 2.26. The molecule has 0 aliphatic rings. The van der Waals surface area contributed by atoms with E-state index < -0.39 is 6.10 Å². The molecule has 0 radical (unpaired) electrons. The maximum absolute atomic E-state index is 10.0. The second-order valence-electron chi connectivity index (χ2n) is 5.02. The normalized spacial score (nSPS) is 11.7. The number of aliphatic hydroxyl groups is 1. The van der Waals surface area contributed by atoms with E-state index in [-0.39, 0.29) is 0 Å². The van der Waals surface area contributed by atoms with Crippen molar-refractivity contribution in [2.75, 3.05) is 11.9 Å². The predicted octanol–water partition coefficient (Wildman–Crippen LogP) is 2.67. The fraction of sp³-hybridized carbons (Fsp3) is 0.294. The number of aryl methyl sites for hydroxylation is 2. The molecule has 4 nitrogen and oxygen atoms in total. The minimum atomic E-state index is -0.473. The van der Waals surface area contributed by atoms with E-state index in [0.29, 0.717) is 24.3 Å². The van der Waals surface area contributed by atoms with Crippen LogP contribution in [0.2, 0.25) is 0 Å². The quantitative estimate of drug-likeness (QED) is 0.854. The smallest absolute Gasteiger partial charge is 0.144 e. The number of aliphatic hydroxyl groups excluding tert-OH is 1. The summed E-state index contributed by atoms with van der Waals surface area (Å²) in [5, 5.41) is 22.2. The van der Waals surface area contributed by atoms with Crippen LogP contribution >= 0.6 is 0 Å². The van der Waals surface area contributed by atoms with Gasteiger partial charge in [-0.1, -0.05) is 30.3 Å². The lowest BCUT2D eigenvalue weighted by Gasteiger charge is -2.13. The van der Waals surface area contributed by atoms with Crippen LogP contribution in [0.1, 0.15) is 23.1 Å². The molecule has 0 unspecified atom stereocenters. The first-order chi connectivity index (χ1) is 10.2. The second-order valence-corrected chi connectivity index (χ2v) is 5.02. The molecule has 0 bridgehead atoms. The minimum absolute atomic E-state index is 0.387. The van der Waals surface area contributed by atoms with Crippen LogP contribution in [-0.2, 0) is 6.42 Å². The van der Waals surface area contributed by atoms with Crippen molar-refractivity contribution in [3.63, 3.8) is 0 Å². The number of benzene rings is 1. The lowest BCUT2D eigenvalue weighted by molar-refractivity contribution is 0.177. The fourth-order valence-electron chi connectivity index (χ4n) is 2.13. The highest BCUT2D eigenvalue weighted by atomic mass is 16.3. The molecule has 0 aliphatic carbocycles. The topological polar surface area (TPSA) is 68.9 Å². The summed E-state index contributed by atoms with van der Waals surface area (Å²) in [4.78, 5) is 4.16. The number of pyridine rings is 1. The number of nitrogens with zero attached hydrogens (tertiary/aromatic N) is 2. The summed E-state index contributed by atoms with van der Waals surface area (Å²) >= 11 is 0. The van der Waals surface area contributed by atoms with Crippen LogP contribution < -0.4 is 5.32 Å². The lowest BCUT2D eigenvalue weighted by Crippen LogP contribution is -2.21. The Balaban J connectivity index is 1.86. The highest BCUT2D eigenvalue weighted by Crippen LogP contribution is 2.15. The number of rotatable bonds is 6. The van der Waals surface area contributed by atoms with E-state index in [9.17, 15) is 5.11 Å². The Morgan fingerprint density at radius 1 is 1.29 bits per heavy atom. The van der Waals surface area contributed by atoms with E-state index in [0.717, 1.165) is 12.0 Å². The van der Waals surface area contributed by atoms with E-state index in [1.54, 1.807) is 12.3 Å². The molecular formula is C17H19N3O. The number of nitriles is 1. The maximum atomic E-state index is 10.0. The molecule has 0 fully saturated rings. The van der Waals surface area contributed by atoms with Gasteiger partial charge in [-0.25, -0.2) is 4.98 Å². The summed E-state index contributed by atoms with van der Waals surface area (Å²) in [6, 6.07) is 14.0. The van der Waals surface area contributed by atoms with Crippen molar-refractivity contribution in [2.24, 2.45) is 0 Å². The molecule has 1 aromatic heterocycles. The van der Waals surface area contributed by atoms with Gasteiger partial charge in [0.1, 0.15) is 11.9 Å². The fourth-order valence-corrected chi connectivity index (χ4v) is 2.13. The molecule has 4 heteroatoms. The zero-order chi connectivity index (χ0) is 15.1. The summed E-state index contributed by atoms with van der Waals surface area (Å²) in [5.74, 6) is 0.538. The van der Waals surface area contributed by atoms with Crippen molar-refractivity contribution in [3.8, 4) is 6.07 Å². The zero-order valence-corrected chi connectivity index (χ0v) is 12.1. The van der Waals surface area contributed by atoms with Crippen LogP contribution in [0.15, 0.2) is 42.6 Å². The zero-order valence-electron chi connectivity index (χ0n) is 12.1. The number of anilines is 1. The van der Waals surface area contributed by atoms with Gasteiger partial charge in [-0.15, -0.1) is 0 Å². The van der Waals surface area contributed by atoms with Crippen LogP contribution in [0.25, 0.3) is 0 Å². The molecule has 1 heterocycles. The molecule has 0 aliphatic heterocycles. The summed E-state index contributed by atoms with van der Waals surface area (Å²) in [6.07, 6.45) is 2.69. The molecule has 0 saturated carbocycles. The van der Waals surface area contributed by atoms with Crippen molar-refractivity contribution in [3.05, 3.63) is 59.3 Å².